The van der Waals surface area contributed by atoms with Gasteiger partial charge in [0.1, 0.15) is 0 Å². The Morgan fingerprint density at radius 3 is 2.81 bits per heavy atom. The van der Waals surface area contributed by atoms with Crippen molar-refractivity contribution in [3.8, 4) is 0 Å². The van der Waals surface area contributed by atoms with Crippen LogP contribution in [-0.4, -0.2) is 25.7 Å². The highest BCUT2D eigenvalue weighted by atomic mass is 79.9. The molecule has 1 aliphatic rings. The summed E-state index contributed by atoms with van der Waals surface area (Å²) >= 11 is 4.89. The summed E-state index contributed by atoms with van der Waals surface area (Å²) in [5.41, 5.74) is 1.23. The van der Waals surface area contributed by atoms with Crippen LogP contribution in [-0.2, 0) is 4.74 Å². The quantitative estimate of drug-likeness (QED) is 0.932. The SMILES string of the molecule is Cc1cc(C(=O)NCC2(C)COC2)sc1Br. The van der Waals surface area contributed by atoms with Gasteiger partial charge in [0.2, 0.25) is 0 Å². The van der Waals surface area contributed by atoms with E-state index in [0.717, 1.165) is 27.4 Å². The van der Waals surface area contributed by atoms with Crippen LogP contribution in [0.25, 0.3) is 0 Å². The molecule has 1 aliphatic heterocycles. The summed E-state index contributed by atoms with van der Waals surface area (Å²) in [6.07, 6.45) is 0. The molecule has 16 heavy (non-hydrogen) atoms. The van der Waals surface area contributed by atoms with Crippen molar-refractivity contribution >= 4 is 33.2 Å². The predicted molar refractivity (Wildman–Crippen MR) is 68.0 cm³/mol. The first-order valence-electron chi connectivity index (χ1n) is 5.12. The third-order valence-corrected chi connectivity index (χ3v) is 4.79. The fourth-order valence-electron chi connectivity index (χ4n) is 1.51. The lowest BCUT2D eigenvalue weighted by atomic mass is 9.89. The molecule has 3 nitrogen and oxygen atoms in total. The molecule has 88 valence electrons. The molecule has 0 unspecified atom stereocenters. The number of hydrogen-bond donors (Lipinski definition) is 1. The minimum absolute atomic E-state index is 0.00641. The molecule has 2 rings (SSSR count). The Bertz CT molecular complexity index is 393. The summed E-state index contributed by atoms with van der Waals surface area (Å²) in [4.78, 5) is 12.6. The van der Waals surface area contributed by atoms with Gasteiger partial charge in [-0.3, -0.25) is 4.79 Å². The molecule has 1 saturated heterocycles. The molecule has 1 fully saturated rings. The average Bonchev–Trinajstić information content (AvgIpc) is 2.53. The second-order valence-corrected chi connectivity index (χ2v) is 6.92. The lowest BCUT2D eigenvalue weighted by molar-refractivity contribution is -0.0978. The zero-order valence-corrected chi connectivity index (χ0v) is 11.7. The van der Waals surface area contributed by atoms with Gasteiger partial charge >= 0.3 is 0 Å². The van der Waals surface area contributed by atoms with E-state index in [1.807, 2.05) is 13.0 Å². The van der Waals surface area contributed by atoms with Crippen LogP contribution in [0.1, 0.15) is 22.2 Å². The maximum Gasteiger partial charge on any atom is 0.261 e. The summed E-state index contributed by atoms with van der Waals surface area (Å²) in [7, 11) is 0. The second kappa shape index (κ2) is 4.47. The Kier molecular flexibility index (Phi) is 3.37. The molecule has 0 aliphatic carbocycles. The highest BCUT2D eigenvalue weighted by Crippen LogP contribution is 2.28. The van der Waals surface area contributed by atoms with E-state index in [9.17, 15) is 4.79 Å². The normalized spacial score (nSPS) is 17.9. The first-order valence-corrected chi connectivity index (χ1v) is 6.73. The number of ether oxygens (including phenoxy) is 1. The standard InChI is InChI=1S/C11H14BrNO2S/c1-7-3-8(16-9(7)12)10(14)13-4-11(2)5-15-6-11/h3H,4-6H2,1-2H3,(H,13,14). The first kappa shape index (κ1) is 12.1. The molecule has 0 aromatic carbocycles. The van der Waals surface area contributed by atoms with E-state index in [2.05, 4.69) is 28.2 Å². The number of carbonyl (C=O) groups excluding carboxylic acids is 1. The Balaban J connectivity index is 1.93. The average molecular weight is 304 g/mol. The van der Waals surface area contributed by atoms with Crippen LogP contribution in [0.5, 0.6) is 0 Å². The van der Waals surface area contributed by atoms with Crippen LogP contribution in [0.2, 0.25) is 0 Å². The number of halogens is 1. The second-order valence-electron chi connectivity index (χ2n) is 4.55. The van der Waals surface area contributed by atoms with Gasteiger partial charge in [0.15, 0.2) is 0 Å². The van der Waals surface area contributed by atoms with Gasteiger partial charge in [0, 0.05) is 12.0 Å². The summed E-state index contributed by atoms with van der Waals surface area (Å²) in [5.74, 6) is 0.00641. The maximum absolute atomic E-state index is 11.8. The molecule has 1 aromatic rings. The van der Waals surface area contributed by atoms with E-state index < -0.39 is 0 Å². The van der Waals surface area contributed by atoms with Gasteiger partial charge in [0.25, 0.3) is 5.91 Å². The van der Waals surface area contributed by atoms with Crippen molar-refractivity contribution in [3.63, 3.8) is 0 Å². The van der Waals surface area contributed by atoms with Crippen LogP contribution >= 0.6 is 27.3 Å². The fraction of sp³-hybridized carbons (Fsp3) is 0.545. The number of thiophene rings is 1. The lowest BCUT2D eigenvalue weighted by Crippen LogP contribution is -2.48. The molecule has 0 spiro atoms. The van der Waals surface area contributed by atoms with E-state index in [1.165, 1.54) is 11.3 Å². The summed E-state index contributed by atoms with van der Waals surface area (Å²) in [6, 6.07) is 1.91. The number of rotatable bonds is 3. The summed E-state index contributed by atoms with van der Waals surface area (Å²) in [6.45, 7) is 6.26. The number of amides is 1. The fourth-order valence-corrected chi connectivity index (χ4v) is 2.96. The van der Waals surface area contributed by atoms with E-state index >= 15 is 0 Å². The molecule has 0 radical (unpaired) electrons. The highest BCUT2D eigenvalue weighted by Gasteiger charge is 2.33. The smallest absolute Gasteiger partial charge is 0.261 e. The van der Waals surface area contributed by atoms with E-state index in [4.69, 9.17) is 4.74 Å². The van der Waals surface area contributed by atoms with Crippen LogP contribution in [0.3, 0.4) is 0 Å². The number of aryl methyl sites for hydroxylation is 1. The molecule has 1 aromatic heterocycles. The summed E-state index contributed by atoms with van der Waals surface area (Å²) < 4.78 is 6.17. The molecular weight excluding hydrogens is 290 g/mol. The molecular formula is C11H14BrNO2S. The maximum atomic E-state index is 11.8. The molecule has 5 heteroatoms. The van der Waals surface area contributed by atoms with E-state index in [-0.39, 0.29) is 11.3 Å². The van der Waals surface area contributed by atoms with E-state index in [1.54, 1.807) is 0 Å². The van der Waals surface area contributed by atoms with Gasteiger partial charge in [-0.2, -0.15) is 0 Å². The number of carbonyl (C=O) groups is 1. The van der Waals surface area contributed by atoms with Gasteiger partial charge < -0.3 is 10.1 Å². The van der Waals surface area contributed by atoms with Crippen LogP contribution in [0, 0.1) is 12.3 Å². The van der Waals surface area contributed by atoms with Crippen LogP contribution in [0.15, 0.2) is 9.85 Å². The molecule has 0 saturated carbocycles. The van der Waals surface area contributed by atoms with Gasteiger partial charge in [0.05, 0.1) is 21.9 Å². The first-order chi connectivity index (χ1) is 7.50. The predicted octanol–water partition coefficient (Wildman–Crippen LogP) is 2.59. The minimum Gasteiger partial charge on any atom is -0.380 e. The van der Waals surface area contributed by atoms with Crippen molar-refractivity contribution in [2.75, 3.05) is 19.8 Å². The molecule has 1 amide bonds. The molecule has 0 atom stereocenters. The van der Waals surface area contributed by atoms with Gasteiger partial charge in [-0.05, 0) is 34.5 Å². The van der Waals surface area contributed by atoms with Crippen molar-refractivity contribution in [3.05, 3.63) is 20.3 Å². The Labute approximate surface area is 107 Å². The lowest BCUT2D eigenvalue weighted by Gasteiger charge is -2.37. The molecule has 1 N–H and O–H groups in total. The molecule has 0 bridgehead atoms. The Hall–Kier alpha value is -0.390. The zero-order valence-electron chi connectivity index (χ0n) is 9.30. The topological polar surface area (TPSA) is 38.3 Å². The highest BCUT2D eigenvalue weighted by molar-refractivity contribution is 9.11. The van der Waals surface area contributed by atoms with Crippen molar-refractivity contribution < 1.29 is 9.53 Å². The Morgan fingerprint density at radius 1 is 1.69 bits per heavy atom. The van der Waals surface area contributed by atoms with Crippen LogP contribution in [0.4, 0.5) is 0 Å². The molecule has 2 heterocycles. The number of hydrogen-bond acceptors (Lipinski definition) is 3. The van der Waals surface area contributed by atoms with Gasteiger partial charge in [-0.15, -0.1) is 11.3 Å². The van der Waals surface area contributed by atoms with Crippen molar-refractivity contribution in [1.29, 1.82) is 0 Å². The Morgan fingerprint density at radius 2 is 2.38 bits per heavy atom. The minimum atomic E-state index is 0.00641. The largest absolute Gasteiger partial charge is 0.380 e. The zero-order chi connectivity index (χ0) is 11.8. The van der Waals surface area contributed by atoms with E-state index in [0.29, 0.717) is 6.54 Å². The number of nitrogens with one attached hydrogen (secondary N) is 1. The monoisotopic (exact) mass is 303 g/mol. The van der Waals surface area contributed by atoms with Crippen LogP contribution < -0.4 is 5.32 Å². The van der Waals surface area contributed by atoms with Gasteiger partial charge in [-0.1, -0.05) is 6.92 Å². The van der Waals surface area contributed by atoms with Gasteiger partial charge in [-0.25, -0.2) is 0 Å². The summed E-state index contributed by atoms with van der Waals surface area (Å²) in [5, 5.41) is 2.95. The van der Waals surface area contributed by atoms with Crippen molar-refractivity contribution in [1.82, 2.24) is 5.32 Å². The van der Waals surface area contributed by atoms with Crippen molar-refractivity contribution in [2.24, 2.45) is 5.41 Å². The van der Waals surface area contributed by atoms with Crippen molar-refractivity contribution in [2.45, 2.75) is 13.8 Å². The third kappa shape index (κ3) is 2.47. The third-order valence-electron chi connectivity index (χ3n) is 2.66.